The maximum atomic E-state index is 11.1. The van der Waals surface area contributed by atoms with Crippen molar-refractivity contribution in [1.82, 2.24) is 15.3 Å². The van der Waals surface area contributed by atoms with Gasteiger partial charge in [0.05, 0.1) is 5.69 Å². The third-order valence-corrected chi connectivity index (χ3v) is 2.41. The first-order valence-corrected chi connectivity index (χ1v) is 4.24. The van der Waals surface area contributed by atoms with E-state index in [9.17, 15) is 4.79 Å². The summed E-state index contributed by atoms with van der Waals surface area (Å²) >= 11 is 0. The Morgan fingerprint density at radius 3 is 2.92 bits per heavy atom. The van der Waals surface area contributed by atoms with Crippen LogP contribution < -0.4 is 5.32 Å². The Morgan fingerprint density at radius 1 is 1.54 bits per heavy atom. The van der Waals surface area contributed by atoms with E-state index in [1.54, 1.807) is 18.6 Å². The van der Waals surface area contributed by atoms with Gasteiger partial charge in [0.1, 0.15) is 0 Å². The normalized spacial score (nSPS) is 27.3. The van der Waals surface area contributed by atoms with Gasteiger partial charge in [0.15, 0.2) is 0 Å². The Labute approximate surface area is 76.4 Å². The van der Waals surface area contributed by atoms with Crippen molar-refractivity contribution in [3.8, 4) is 0 Å². The summed E-state index contributed by atoms with van der Waals surface area (Å²) in [6.07, 6.45) is 5.52. The highest BCUT2D eigenvalue weighted by molar-refractivity contribution is 5.80. The predicted octanol–water partition coefficient (Wildman–Crippen LogP) is 0.254. The predicted molar refractivity (Wildman–Crippen MR) is 47.0 cm³/mol. The molecule has 1 atom stereocenters. The van der Waals surface area contributed by atoms with E-state index in [1.807, 2.05) is 6.92 Å². The van der Waals surface area contributed by atoms with E-state index < -0.39 is 0 Å². The van der Waals surface area contributed by atoms with Crippen LogP contribution in [0.2, 0.25) is 0 Å². The largest absolute Gasteiger partial charge is 0.355 e. The first-order chi connectivity index (χ1) is 6.21. The number of nitrogens with one attached hydrogen (secondary N) is 1. The Balaban J connectivity index is 2.31. The van der Waals surface area contributed by atoms with E-state index in [-0.39, 0.29) is 11.3 Å². The van der Waals surface area contributed by atoms with Gasteiger partial charge in [0.25, 0.3) is 0 Å². The van der Waals surface area contributed by atoms with Crippen molar-refractivity contribution in [2.75, 3.05) is 6.54 Å². The molecular weight excluding hydrogens is 166 g/mol. The third-order valence-electron chi connectivity index (χ3n) is 2.41. The highest BCUT2D eigenvalue weighted by Crippen LogP contribution is 2.28. The minimum absolute atomic E-state index is 0.0909. The summed E-state index contributed by atoms with van der Waals surface area (Å²) < 4.78 is 0. The number of hydrogen-bond acceptors (Lipinski definition) is 3. The lowest BCUT2D eigenvalue weighted by molar-refractivity contribution is -0.119. The molecule has 0 aliphatic carbocycles. The molecule has 0 spiro atoms. The molecule has 2 rings (SSSR count). The first-order valence-electron chi connectivity index (χ1n) is 4.24. The molecule has 1 unspecified atom stereocenters. The number of carbonyl (C=O) groups is 1. The molecule has 1 aliphatic rings. The molecule has 1 aliphatic heterocycles. The number of hydrogen-bond donors (Lipinski definition) is 1. The molecule has 1 amide bonds. The monoisotopic (exact) mass is 177 g/mol. The lowest BCUT2D eigenvalue weighted by atomic mass is 9.86. The van der Waals surface area contributed by atoms with E-state index in [0.717, 1.165) is 5.69 Å². The van der Waals surface area contributed by atoms with Crippen LogP contribution in [0.5, 0.6) is 0 Å². The third kappa shape index (κ3) is 1.39. The second-order valence-electron chi connectivity index (χ2n) is 3.60. The Kier molecular flexibility index (Phi) is 1.76. The first kappa shape index (κ1) is 8.16. The maximum absolute atomic E-state index is 11.1. The molecular formula is C9H11N3O. The summed E-state index contributed by atoms with van der Waals surface area (Å²) in [6.45, 7) is 2.68. The van der Waals surface area contributed by atoms with Gasteiger partial charge >= 0.3 is 0 Å². The summed E-state index contributed by atoms with van der Waals surface area (Å²) in [4.78, 5) is 19.3. The Morgan fingerprint density at radius 2 is 2.38 bits per heavy atom. The molecule has 1 aromatic rings. The van der Waals surface area contributed by atoms with Gasteiger partial charge in [-0.15, -0.1) is 0 Å². The fraction of sp³-hybridized carbons (Fsp3) is 0.444. The zero-order chi connectivity index (χ0) is 9.31. The van der Waals surface area contributed by atoms with Crippen LogP contribution in [0.1, 0.15) is 19.0 Å². The van der Waals surface area contributed by atoms with Gasteiger partial charge in [-0.2, -0.15) is 0 Å². The average molecular weight is 177 g/mol. The van der Waals surface area contributed by atoms with Crippen LogP contribution >= 0.6 is 0 Å². The highest BCUT2D eigenvalue weighted by atomic mass is 16.1. The molecule has 1 aromatic heterocycles. The van der Waals surface area contributed by atoms with Gasteiger partial charge in [-0.3, -0.25) is 14.8 Å². The Bertz CT molecular complexity index is 325. The van der Waals surface area contributed by atoms with Gasteiger partial charge < -0.3 is 5.32 Å². The SMILES string of the molecule is CC1(c2cnccn2)CNC(=O)C1. The van der Waals surface area contributed by atoms with Gasteiger partial charge in [0, 0.05) is 37.0 Å². The van der Waals surface area contributed by atoms with Gasteiger partial charge in [-0.1, -0.05) is 6.92 Å². The lowest BCUT2D eigenvalue weighted by Gasteiger charge is -2.19. The van der Waals surface area contributed by atoms with Crippen LogP contribution in [0.15, 0.2) is 18.6 Å². The van der Waals surface area contributed by atoms with E-state index in [0.29, 0.717) is 13.0 Å². The molecule has 4 heteroatoms. The smallest absolute Gasteiger partial charge is 0.221 e. The molecule has 1 fully saturated rings. The number of rotatable bonds is 1. The van der Waals surface area contributed by atoms with Gasteiger partial charge in [-0.05, 0) is 0 Å². The van der Waals surface area contributed by atoms with Crippen molar-refractivity contribution in [3.63, 3.8) is 0 Å². The van der Waals surface area contributed by atoms with Crippen molar-refractivity contribution in [2.45, 2.75) is 18.8 Å². The van der Waals surface area contributed by atoms with Crippen LogP contribution in [0.25, 0.3) is 0 Å². The fourth-order valence-corrected chi connectivity index (χ4v) is 1.56. The highest BCUT2D eigenvalue weighted by Gasteiger charge is 2.36. The van der Waals surface area contributed by atoms with Crippen LogP contribution in [0, 0.1) is 0 Å². The van der Waals surface area contributed by atoms with E-state index in [4.69, 9.17) is 0 Å². The molecule has 1 N–H and O–H groups in total. The van der Waals surface area contributed by atoms with Gasteiger partial charge in [0.2, 0.25) is 5.91 Å². The fourth-order valence-electron chi connectivity index (χ4n) is 1.56. The molecule has 0 bridgehead atoms. The van der Waals surface area contributed by atoms with E-state index in [1.165, 1.54) is 0 Å². The second-order valence-corrected chi connectivity index (χ2v) is 3.60. The maximum Gasteiger partial charge on any atom is 0.221 e. The second kappa shape index (κ2) is 2.80. The van der Waals surface area contributed by atoms with Crippen LogP contribution in [0.3, 0.4) is 0 Å². The summed E-state index contributed by atoms with van der Waals surface area (Å²) in [5.74, 6) is 0.0909. The molecule has 0 saturated carbocycles. The van der Waals surface area contributed by atoms with Crippen molar-refractivity contribution in [2.24, 2.45) is 0 Å². The minimum Gasteiger partial charge on any atom is -0.355 e. The molecule has 68 valence electrons. The van der Waals surface area contributed by atoms with Gasteiger partial charge in [-0.25, -0.2) is 0 Å². The number of aromatic nitrogens is 2. The quantitative estimate of drug-likeness (QED) is 0.669. The van der Waals surface area contributed by atoms with Crippen LogP contribution in [-0.4, -0.2) is 22.4 Å². The lowest BCUT2D eigenvalue weighted by Crippen LogP contribution is -2.26. The zero-order valence-corrected chi connectivity index (χ0v) is 7.45. The van der Waals surface area contributed by atoms with Crippen molar-refractivity contribution < 1.29 is 4.79 Å². The number of nitrogens with zero attached hydrogens (tertiary/aromatic N) is 2. The summed E-state index contributed by atoms with van der Waals surface area (Å²) in [5.41, 5.74) is 0.707. The van der Waals surface area contributed by atoms with E-state index in [2.05, 4.69) is 15.3 Å². The van der Waals surface area contributed by atoms with Crippen molar-refractivity contribution >= 4 is 5.91 Å². The number of carbonyl (C=O) groups excluding carboxylic acids is 1. The van der Waals surface area contributed by atoms with Crippen molar-refractivity contribution in [1.29, 1.82) is 0 Å². The van der Waals surface area contributed by atoms with Crippen molar-refractivity contribution in [3.05, 3.63) is 24.3 Å². The summed E-state index contributed by atoms with van der Waals surface area (Å²) in [7, 11) is 0. The van der Waals surface area contributed by atoms with Crippen LogP contribution in [0.4, 0.5) is 0 Å². The van der Waals surface area contributed by atoms with E-state index >= 15 is 0 Å². The molecule has 2 heterocycles. The molecule has 13 heavy (non-hydrogen) atoms. The zero-order valence-electron chi connectivity index (χ0n) is 7.45. The summed E-state index contributed by atoms with van der Waals surface area (Å²) in [6, 6.07) is 0. The summed E-state index contributed by atoms with van der Waals surface area (Å²) in [5, 5.41) is 2.80. The molecule has 0 radical (unpaired) electrons. The Hall–Kier alpha value is -1.45. The minimum atomic E-state index is -0.175. The molecule has 0 aromatic carbocycles. The number of amides is 1. The average Bonchev–Trinajstić information content (AvgIpc) is 2.49. The molecule has 1 saturated heterocycles. The standard InChI is InChI=1S/C9H11N3O/c1-9(4-8(13)12-6-9)7-5-10-2-3-11-7/h2-3,5H,4,6H2,1H3,(H,12,13). The topological polar surface area (TPSA) is 54.9 Å². The molecule has 4 nitrogen and oxygen atoms in total. The van der Waals surface area contributed by atoms with Crippen LogP contribution in [-0.2, 0) is 10.2 Å².